The standard InChI is InChI=1S/C19H23N3O3/c1-24-16-9-5-8-13(18(16)25-2)14-10-17(23)21-19-15(14)11-20-22(19)12-6-3-4-7-12/h5,8-9,11-12,14H,3-4,6-7,10H2,1-2H3,(H,21,23)/t14-/m1/s1. The van der Waals surface area contributed by atoms with Gasteiger partial charge < -0.3 is 14.8 Å². The van der Waals surface area contributed by atoms with Gasteiger partial charge in [0.1, 0.15) is 5.82 Å². The summed E-state index contributed by atoms with van der Waals surface area (Å²) >= 11 is 0. The van der Waals surface area contributed by atoms with Crippen LogP contribution in [0.1, 0.15) is 55.2 Å². The molecule has 1 aliphatic carbocycles. The first-order valence-electron chi connectivity index (χ1n) is 8.81. The van der Waals surface area contributed by atoms with Crippen LogP contribution in [0.3, 0.4) is 0 Å². The van der Waals surface area contributed by atoms with Crippen LogP contribution in [-0.2, 0) is 4.79 Å². The Labute approximate surface area is 147 Å². The van der Waals surface area contributed by atoms with E-state index in [0.29, 0.717) is 24.0 Å². The number of fused-ring (bicyclic) bond motifs is 1. The molecular formula is C19H23N3O3. The molecular weight excluding hydrogens is 318 g/mol. The number of nitrogens with one attached hydrogen (secondary N) is 1. The second-order valence-corrected chi connectivity index (χ2v) is 6.72. The average Bonchev–Trinajstić information content (AvgIpc) is 3.29. The largest absolute Gasteiger partial charge is 0.493 e. The Morgan fingerprint density at radius 2 is 1.96 bits per heavy atom. The molecule has 4 rings (SSSR count). The van der Waals surface area contributed by atoms with Crippen molar-refractivity contribution < 1.29 is 14.3 Å². The topological polar surface area (TPSA) is 65.4 Å². The molecule has 2 heterocycles. The summed E-state index contributed by atoms with van der Waals surface area (Å²) in [5, 5.41) is 7.66. The number of anilines is 1. The van der Waals surface area contributed by atoms with E-state index < -0.39 is 0 Å². The lowest BCUT2D eigenvalue weighted by Gasteiger charge is -2.26. The molecule has 1 saturated carbocycles. The average molecular weight is 341 g/mol. The summed E-state index contributed by atoms with van der Waals surface area (Å²) in [6, 6.07) is 6.19. The molecule has 132 valence electrons. The lowest BCUT2D eigenvalue weighted by Crippen LogP contribution is -2.26. The number of nitrogens with zero attached hydrogens (tertiary/aromatic N) is 2. The zero-order valence-electron chi connectivity index (χ0n) is 14.6. The van der Waals surface area contributed by atoms with E-state index in [0.717, 1.165) is 29.8 Å². The Morgan fingerprint density at radius 3 is 2.68 bits per heavy atom. The number of hydrogen-bond donors (Lipinski definition) is 1. The number of ether oxygens (including phenoxy) is 2. The highest BCUT2D eigenvalue weighted by Crippen LogP contribution is 2.45. The molecule has 2 aromatic rings. The van der Waals surface area contributed by atoms with E-state index in [2.05, 4.69) is 10.4 Å². The lowest BCUT2D eigenvalue weighted by molar-refractivity contribution is -0.116. The molecule has 25 heavy (non-hydrogen) atoms. The minimum absolute atomic E-state index is 0.0159. The number of carbonyl (C=O) groups excluding carboxylic acids is 1. The third-order valence-corrected chi connectivity index (χ3v) is 5.33. The number of para-hydroxylation sites is 1. The molecule has 1 aromatic heterocycles. The smallest absolute Gasteiger partial charge is 0.226 e. The molecule has 1 amide bonds. The third kappa shape index (κ3) is 2.65. The SMILES string of the molecule is COc1cccc([C@H]2CC(=O)Nc3c2cnn3C2CCCC2)c1OC. The van der Waals surface area contributed by atoms with E-state index in [-0.39, 0.29) is 11.8 Å². The number of aromatic nitrogens is 2. The summed E-state index contributed by atoms with van der Waals surface area (Å²) in [5.41, 5.74) is 2.02. The summed E-state index contributed by atoms with van der Waals surface area (Å²) in [7, 11) is 3.26. The van der Waals surface area contributed by atoms with Crippen LogP contribution in [0.25, 0.3) is 0 Å². The van der Waals surface area contributed by atoms with Crippen molar-refractivity contribution in [2.75, 3.05) is 19.5 Å². The Kier molecular flexibility index (Phi) is 4.11. The fourth-order valence-corrected chi connectivity index (χ4v) is 4.13. The van der Waals surface area contributed by atoms with Crippen molar-refractivity contribution in [3.8, 4) is 11.5 Å². The van der Waals surface area contributed by atoms with Crippen LogP contribution < -0.4 is 14.8 Å². The number of rotatable bonds is 4. The fraction of sp³-hybridized carbons (Fsp3) is 0.474. The first-order valence-corrected chi connectivity index (χ1v) is 8.81. The lowest BCUT2D eigenvalue weighted by atomic mass is 9.86. The number of benzene rings is 1. The molecule has 1 aliphatic heterocycles. The molecule has 1 N–H and O–H groups in total. The Balaban J connectivity index is 1.80. The zero-order valence-corrected chi connectivity index (χ0v) is 14.6. The molecule has 2 aliphatic rings. The maximum absolute atomic E-state index is 12.4. The molecule has 6 nitrogen and oxygen atoms in total. The van der Waals surface area contributed by atoms with Crippen LogP contribution >= 0.6 is 0 Å². The van der Waals surface area contributed by atoms with Gasteiger partial charge in [-0.15, -0.1) is 0 Å². The quantitative estimate of drug-likeness (QED) is 0.924. The molecule has 6 heteroatoms. The minimum Gasteiger partial charge on any atom is -0.493 e. The zero-order chi connectivity index (χ0) is 17.4. The first-order chi connectivity index (χ1) is 12.2. The Bertz CT molecular complexity index is 793. The van der Waals surface area contributed by atoms with E-state index in [1.807, 2.05) is 29.1 Å². The van der Waals surface area contributed by atoms with E-state index >= 15 is 0 Å². The Hall–Kier alpha value is -2.50. The fourth-order valence-electron chi connectivity index (χ4n) is 4.13. The van der Waals surface area contributed by atoms with Gasteiger partial charge in [0.15, 0.2) is 11.5 Å². The maximum Gasteiger partial charge on any atom is 0.226 e. The van der Waals surface area contributed by atoms with Gasteiger partial charge in [-0.3, -0.25) is 4.79 Å². The van der Waals surface area contributed by atoms with Crippen molar-refractivity contribution in [1.29, 1.82) is 0 Å². The van der Waals surface area contributed by atoms with Gasteiger partial charge in [0.2, 0.25) is 5.91 Å². The number of carbonyl (C=O) groups is 1. The molecule has 0 unspecified atom stereocenters. The molecule has 0 saturated heterocycles. The molecule has 0 radical (unpaired) electrons. The summed E-state index contributed by atoms with van der Waals surface area (Å²) in [4.78, 5) is 12.4. The van der Waals surface area contributed by atoms with Crippen molar-refractivity contribution in [1.82, 2.24) is 9.78 Å². The summed E-state index contributed by atoms with van der Waals surface area (Å²) in [6.45, 7) is 0. The molecule has 0 spiro atoms. The van der Waals surface area contributed by atoms with Crippen LogP contribution in [0.4, 0.5) is 5.82 Å². The van der Waals surface area contributed by atoms with Crippen LogP contribution in [0, 0.1) is 0 Å². The van der Waals surface area contributed by atoms with Crippen LogP contribution in [0.15, 0.2) is 24.4 Å². The van der Waals surface area contributed by atoms with Gasteiger partial charge in [-0.25, -0.2) is 4.68 Å². The second kappa shape index (κ2) is 6.43. The summed E-state index contributed by atoms with van der Waals surface area (Å²) < 4.78 is 13.0. The maximum atomic E-state index is 12.4. The molecule has 1 fully saturated rings. The van der Waals surface area contributed by atoms with E-state index in [1.54, 1.807) is 14.2 Å². The minimum atomic E-state index is -0.0797. The predicted molar refractivity (Wildman–Crippen MR) is 94.4 cm³/mol. The van der Waals surface area contributed by atoms with Crippen molar-refractivity contribution in [3.05, 3.63) is 35.5 Å². The Morgan fingerprint density at radius 1 is 1.16 bits per heavy atom. The third-order valence-electron chi connectivity index (χ3n) is 5.33. The molecule has 1 atom stereocenters. The van der Waals surface area contributed by atoms with Gasteiger partial charge in [-0.05, 0) is 18.9 Å². The van der Waals surface area contributed by atoms with Crippen LogP contribution in [0.2, 0.25) is 0 Å². The first kappa shape index (κ1) is 16.0. The van der Waals surface area contributed by atoms with Crippen molar-refractivity contribution in [3.63, 3.8) is 0 Å². The normalized spacial score (nSPS) is 20.2. The van der Waals surface area contributed by atoms with Gasteiger partial charge in [-0.1, -0.05) is 25.0 Å². The van der Waals surface area contributed by atoms with Crippen LogP contribution in [0.5, 0.6) is 11.5 Å². The van der Waals surface area contributed by atoms with Crippen molar-refractivity contribution in [2.24, 2.45) is 0 Å². The van der Waals surface area contributed by atoms with E-state index in [4.69, 9.17) is 9.47 Å². The number of hydrogen-bond acceptors (Lipinski definition) is 4. The number of amides is 1. The second-order valence-electron chi connectivity index (χ2n) is 6.72. The van der Waals surface area contributed by atoms with Gasteiger partial charge in [0.05, 0.1) is 26.5 Å². The van der Waals surface area contributed by atoms with Crippen molar-refractivity contribution >= 4 is 11.7 Å². The predicted octanol–water partition coefficient (Wildman–Crippen LogP) is 3.49. The van der Waals surface area contributed by atoms with Gasteiger partial charge >= 0.3 is 0 Å². The monoisotopic (exact) mass is 341 g/mol. The molecule has 0 bridgehead atoms. The van der Waals surface area contributed by atoms with Gasteiger partial charge in [0, 0.05) is 23.5 Å². The highest BCUT2D eigenvalue weighted by molar-refractivity contribution is 5.94. The van der Waals surface area contributed by atoms with Crippen molar-refractivity contribution in [2.45, 2.75) is 44.1 Å². The van der Waals surface area contributed by atoms with E-state index in [9.17, 15) is 4.79 Å². The molecule has 1 aromatic carbocycles. The van der Waals surface area contributed by atoms with E-state index in [1.165, 1.54) is 12.8 Å². The highest BCUT2D eigenvalue weighted by atomic mass is 16.5. The highest BCUT2D eigenvalue weighted by Gasteiger charge is 2.34. The van der Waals surface area contributed by atoms with Gasteiger partial charge in [-0.2, -0.15) is 5.10 Å². The van der Waals surface area contributed by atoms with Crippen LogP contribution in [-0.4, -0.2) is 29.9 Å². The summed E-state index contributed by atoms with van der Waals surface area (Å²) in [5.74, 6) is 2.14. The number of methoxy groups -OCH3 is 2. The summed E-state index contributed by atoms with van der Waals surface area (Å²) in [6.07, 6.45) is 6.97. The van der Waals surface area contributed by atoms with Gasteiger partial charge in [0.25, 0.3) is 0 Å².